The molecule has 0 aromatic carbocycles. The van der Waals surface area contributed by atoms with E-state index in [-0.39, 0.29) is 5.56 Å². The molecule has 2 atom stereocenters. The van der Waals surface area contributed by atoms with Gasteiger partial charge in [-0.05, 0) is 31.6 Å². The molecule has 1 fully saturated rings. The summed E-state index contributed by atoms with van der Waals surface area (Å²) in [6, 6.07) is 0. The van der Waals surface area contributed by atoms with Gasteiger partial charge in [0.05, 0.1) is 12.7 Å². The lowest BCUT2D eigenvalue weighted by molar-refractivity contribution is 0.305. The monoisotopic (exact) mass is 299 g/mol. The third-order valence-electron chi connectivity index (χ3n) is 5.03. The van der Waals surface area contributed by atoms with Crippen LogP contribution >= 0.6 is 0 Å². The Balaban J connectivity index is 1.55. The predicted octanol–water partition coefficient (Wildman–Crippen LogP) is 1.44. The number of fused-ring (bicyclic) bond motifs is 2. The number of H-pyrrole nitrogens is 1. The van der Waals surface area contributed by atoms with Gasteiger partial charge in [0.2, 0.25) is 0 Å². The minimum absolute atomic E-state index is 0.0952. The molecule has 3 heterocycles. The molecular weight excluding hydrogens is 278 g/mol. The van der Waals surface area contributed by atoms with Crippen molar-refractivity contribution in [3.05, 3.63) is 34.0 Å². The van der Waals surface area contributed by atoms with Crippen molar-refractivity contribution in [2.24, 2.45) is 18.9 Å². The first-order chi connectivity index (χ1) is 10.6. The van der Waals surface area contributed by atoms with Gasteiger partial charge in [0.15, 0.2) is 5.65 Å². The van der Waals surface area contributed by atoms with Crippen molar-refractivity contribution in [3.63, 3.8) is 0 Å². The molecule has 0 unspecified atom stereocenters. The molecule has 6 heteroatoms. The van der Waals surface area contributed by atoms with Crippen LogP contribution in [-0.2, 0) is 13.6 Å². The average Bonchev–Trinajstić information content (AvgIpc) is 3.03. The van der Waals surface area contributed by atoms with E-state index in [1.165, 1.54) is 18.4 Å². The highest BCUT2D eigenvalue weighted by molar-refractivity contribution is 5.72. The van der Waals surface area contributed by atoms with Gasteiger partial charge in [-0.3, -0.25) is 14.4 Å². The molecule has 0 spiro atoms. The van der Waals surface area contributed by atoms with Crippen LogP contribution in [0.5, 0.6) is 0 Å². The van der Waals surface area contributed by atoms with Gasteiger partial charge >= 0.3 is 0 Å². The molecule has 0 amide bonds. The third-order valence-corrected chi connectivity index (χ3v) is 5.03. The lowest BCUT2D eigenvalue weighted by Gasteiger charge is -2.22. The Labute approximate surface area is 128 Å². The minimum atomic E-state index is -0.0952. The lowest BCUT2D eigenvalue weighted by atomic mass is 9.83. The highest BCUT2D eigenvalue weighted by Crippen LogP contribution is 2.35. The molecule has 1 aliphatic heterocycles. The second kappa shape index (κ2) is 5.05. The fourth-order valence-electron chi connectivity index (χ4n) is 3.88. The predicted molar refractivity (Wildman–Crippen MR) is 84.4 cm³/mol. The fourth-order valence-corrected chi connectivity index (χ4v) is 3.88. The number of nitrogens with one attached hydrogen (secondary N) is 1. The van der Waals surface area contributed by atoms with Crippen LogP contribution in [-0.4, -0.2) is 37.7 Å². The van der Waals surface area contributed by atoms with Crippen LogP contribution in [0.3, 0.4) is 0 Å². The Kier molecular flexibility index (Phi) is 3.14. The second-order valence-corrected chi connectivity index (χ2v) is 6.72. The van der Waals surface area contributed by atoms with Gasteiger partial charge < -0.3 is 4.98 Å². The average molecular weight is 299 g/mol. The zero-order valence-electron chi connectivity index (χ0n) is 13.0. The van der Waals surface area contributed by atoms with E-state index in [1.807, 2.05) is 7.05 Å². The van der Waals surface area contributed by atoms with Crippen LogP contribution in [0.2, 0.25) is 0 Å². The summed E-state index contributed by atoms with van der Waals surface area (Å²) in [5.41, 5.74) is 2.08. The van der Waals surface area contributed by atoms with Crippen molar-refractivity contribution in [2.45, 2.75) is 26.3 Å². The Morgan fingerprint density at radius 1 is 1.36 bits per heavy atom. The van der Waals surface area contributed by atoms with Crippen molar-refractivity contribution in [1.82, 2.24) is 24.6 Å². The molecule has 1 aliphatic carbocycles. The lowest BCUT2D eigenvalue weighted by Crippen LogP contribution is -2.24. The molecule has 0 radical (unpaired) electrons. The van der Waals surface area contributed by atoms with Crippen molar-refractivity contribution in [3.8, 4) is 0 Å². The summed E-state index contributed by atoms with van der Waals surface area (Å²) in [7, 11) is 1.82. The van der Waals surface area contributed by atoms with Gasteiger partial charge in [-0.15, -0.1) is 0 Å². The van der Waals surface area contributed by atoms with Crippen LogP contribution in [0.4, 0.5) is 0 Å². The number of likely N-dealkylation sites (tertiary alicyclic amines) is 1. The summed E-state index contributed by atoms with van der Waals surface area (Å²) in [4.78, 5) is 22.0. The molecule has 2 aromatic rings. The maximum Gasteiger partial charge on any atom is 0.262 e. The second-order valence-electron chi connectivity index (χ2n) is 6.72. The Morgan fingerprint density at radius 3 is 3.05 bits per heavy atom. The number of aryl methyl sites for hydroxylation is 1. The highest BCUT2D eigenvalue weighted by atomic mass is 16.1. The van der Waals surface area contributed by atoms with Gasteiger partial charge in [-0.25, -0.2) is 4.98 Å². The molecule has 6 nitrogen and oxygen atoms in total. The number of hydrogen-bond acceptors (Lipinski definition) is 4. The minimum Gasteiger partial charge on any atom is -0.309 e. The first kappa shape index (κ1) is 13.7. The summed E-state index contributed by atoms with van der Waals surface area (Å²) in [5, 5.41) is 4.67. The number of aromatic nitrogens is 4. The maximum absolute atomic E-state index is 12.1. The summed E-state index contributed by atoms with van der Waals surface area (Å²) in [6.45, 7) is 5.14. The summed E-state index contributed by atoms with van der Waals surface area (Å²) in [6.07, 6.45) is 6.36. The first-order valence-electron chi connectivity index (χ1n) is 7.89. The van der Waals surface area contributed by atoms with Crippen molar-refractivity contribution in [1.29, 1.82) is 0 Å². The Bertz CT molecular complexity index is 802. The molecule has 1 N–H and O–H groups in total. The van der Waals surface area contributed by atoms with Gasteiger partial charge in [-0.1, -0.05) is 11.6 Å². The van der Waals surface area contributed by atoms with Crippen LogP contribution < -0.4 is 5.56 Å². The van der Waals surface area contributed by atoms with E-state index in [0.717, 1.165) is 30.7 Å². The van der Waals surface area contributed by atoms with Crippen LogP contribution in [0.1, 0.15) is 25.6 Å². The van der Waals surface area contributed by atoms with Crippen LogP contribution in [0, 0.1) is 11.8 Å². The van der Waals surface area contributed by atoms with Gasteiger partial charge in [0.1, 0.15) is 11.2 Å². The topological polar surface area (TPSA) is 66.8 Å². The molecule has 1 saturated heterocycles. The van der Waals surface area contributed by atoms with E-state index in [1.54, 1.807) is 10.9 Å². The van der Waals surface area contributed by atoms with E-state index in [0.29, 0.717) is 17.6 Å². The van der Waals surface area contributed by atoms with Crippen LogP contribution in [0.25, 0.3) is 11.0 Å². The first-order valence-corrected chi connectivity index (χ1v) is 7.89. The highest BCUT2D eigenvalue weighted by Gasteiger charge is 2.34. The number of hydrogen-bond donors (Lipinski definition) is 1. The SMILES string of the molecule is CC1=CC[C@@H]2CN(Cc3nc4c(cnn4C)c(=O)[nH]3)C[C@@H]2C1. The van der Waals surface area contributed by atoms with E-state index in [2.05, 4.69) is 33.0 Å². The van der Waals surface area contributed by atoms with Gasteiger partial charge in [0.25, 0.3) is 5.56 Å². The number of nitrogens with zero attached hydrogens (tertiary/aromatic N) is 4. The molecule has 0 bridgehead atoms. The molecule has 2 aliphatic rings. The summed E-state index contributed by atoms with van der Waals surface area (Å²) < 4.78 is 1.66. The molecule has 2 aromatic heterocycles. The van der Waals surface area contributed by atoms with E-state index >= 15 is 0 Å². The normalized spacial score (nSPS) is 25.5. The Morgan fingerprint density at radius 2 is 2.18 bits per heavy atom. The molecular formula is C16H21N5O. The van der Waals surface area contributed by atoms with E-state index in [4.69, 9.17) is 0 Å². The van der Waals surface area contributed by atoms with Crippen molar-refractivity contribution < 1.29 is 0 Å². The zero-order chi connectivity index (χ0) is 15.3. The molecule has 0 saturated carbocycles. The molecule has 116 valence electrons. The van der Waals surface area contributed by atoms with Crippen LogP contribution in [0.15, 0.2) is 22.6 Å². The Hall–Kier alpha value is -1.95. The largest absolute Gasteiger partial charge is 0.309 e. The van der Waals surface area contributed by atoms with Gasteiger partial charge in [0, 0.05) is 20.1 Å². The van der Waals surface area contributed by atoms with Gasteiger partial charge in [-0.2, -0.15) is 5.10 Å². The number of rotatable bonds is 2. The van der Waals surface area contributed by atoms with E-state index in [9.17, 15) is 4.79 Å². The third kappa shape index (κ3) is 2.27. The smallest absolute Gasteiger partial charge is 0.262 e. The van der Waals surface area contributed by atoms with Crippen molar-refractivity contribution >= 4 is 11.0 Å². The standard InChI is InChI=1S/C16H21N5O/c1-10-3-4-11-7-21(8-12(11)5-10)9-14-18-15-13(16(22)19-14)6-17-20(15)2/h3,6,11-12H,4-5,7-9H2,1-2H3,(H,18,19,22)/t11-,12+/m1/s1. The number of allylic oxidation sites excluding steroid dienone is 2. The molecule has 4 rings (SSSR count). The van der Waals surface area contributed by atoms with Crippen molar-refractivity contribution in [2.75, 3.05) is 13.1 Å². The fraction of sp³-hybridized carbons (Fsp3) is 0.562. The maximum atomic E-state index is 12.1. The van der Waals surface area contributed by atoms with E-state index < -0.39 is 0 Å². The summed E-state index contributed by atoms with van der Waals surface area (Å²) >= 11 is 0. The number of aromatic amines is 1. The summed E-state index contributed by atoms with van der Waals surface area (Å²) in [5.74, 6) is 2.26. The zero-order valence-corrected chi connectivity index (χ0v) is 13.0. The molecule has 22 heavy (non-hydrogen) atoms. The quantitative estimate of drug-likeness (QED) is 0.852.